The molecule has 1 aliphatic heterocycles. The molecule has 0 bridgehead atoms. The average molecular weight is 356 g/mol. The molecule has 0 N–H and O–H groups in total. The van der Waals surface area contributed by atoms with E-state index in [-0.39, 0.29) is 11.7 Å². The molecule has 2 aromatic carbocycles. The van der Waals surface area contributed by atoms with Gasteiger partial charge >= 0.3 is 0 Å². The molecule has 2 aromatic rings. The van der Waals surface area contributed by atoms with Crippen LogP contribution in [0.2, 0.25) is 0 Å². The van der Waals surface area contributed by atoms with Crippen molar-refractivity contribution in [2.75, 3.05) is 39.8 Å². The summed E-state index contributed by atoms with van der Waals surface area (Å²) in [6.07, 6.45) is 2.10. The van der Waals surface area contributed by atoms with Gasteiger partial charge in [0, 0.05) is 31.7 Å². The number of hydrogen-bond donors (Lipinski definition) is 0. The molecule has 0 aromatic heterocycles. The van der Waals surface area contributed by atoms with Crippen LogP contribution in [0.1, 0.15) is 22.3 Å². The summed E-state index contributed by atoms with van der Waals surface area (Å²) in [6, 6.07) is 14.0. The lowest BCUT2D eigenvalue weighted by molar-refractivity contribution is 0.0636. The highest BCUT2D eigenvalue weighted by Crippen LogP contribution is 2.15. The van der Waals surface area contributed by atoms with Gasteiger partial charge in [-0.2, -0.15) is 0 Å². The van der Waals surface area contributed by atoms with Gasteiger partial charge in [0.05, 0.1) is 7.11 Å². The van der Waals surface area contributed by atoms with Crippen molar-refractivity contribution in [2.45, 2.75) is 12.8 Å². The largest absolute Gasteiger partial charge is 0.497 e. The van der Waals surface area contributed by atoms with Crippen molar-refractivity contribution in [3.8, 4) is 5.75 Å². The lowest BCUT2D eigenvalue weighted by Gasteiger charge is -2.34. The Bertz CT molecular complexity index is 725. The Morgan fingerprint density at radius 1 is 1.08 bits per heavy atom. The SMILES string of the molecule is COc1cccc(CCCN2CCN(C(=O)c3ccc(F)cc3)CC2)c1. The standard InChI is InChI=1S/C21H25FN2O2/c1-26-20-6-2-4-17(16-20)5-3-11-23-12-14-24(15-13-23)21(25)18-7-9-19(22)10-8-18/h2,4,6-10,16H,3,5,11-15H2,1H3. The predicted molar refractivity (Wildman–Crippen MR) is 100 cm³/mol. The second kappa shape index (κ2) is 8.81. The summed E-state index contributed by atoms with van der Waals surface area (Å²) in [7, 11) is 1.69. The molecule has 3 rings (SSSR count). The van der Waals surface area contributed by atoms with Gasteiger partial charge in [-0.05, 0) is 61.3 Å². The van der Waals surface area contributed by atoms with E-state index in [1.54, 1.807) is 19.2 Å². The highest BCUT2D eigenvalue weighted by molar-refractivity contribution is 5.94. The maximum atomic E-state index is 13.0. The number of amides is 1. The molecule has 5 heteroatoms. The molecule has 1 saturated heterocycles. The van der Waals surface area contributed by atoms with Crippen LogP contribution in [0, 0.1) is 5.82 Å². The van der Waals surface area contributed by atoms with E-state index < -0.39 is 0 Å². The molecule has 1 aliphatic rings. The Morgan fingerprint density at radius 3 is 2.50 bits per heavy atom. The molecule has 1 fully saturated rings. The van der Waals surface area contributed by atoms with Gasteiger partial charge < -0.3 is 9.64 Å². The van der Waals surface area contributed by atoms with Crippen LogP contribution < -0.4 is 4.74 Å². The van der Waals surface area contributed by atoms with Crippen LogP contribution in [0.25, 0.3) is 0 Å². The van der Waals surface area contributed by atoms with Gasteiger partial charge in [-0.25, -0.2) is 4.39 Å². The van der Waals surface area contributed by atoms with Gasteiger partial charge in [-0.3, -0.25) is 9.69 Å². The summed E-state index contributed by atoms with van der Waals surface area (Å²) >= 11 is 0. The molecule has 0 aliphatic carbocycles. The quantitative estimate of drug-likeness (QED) is 0.797. The molecule has 0 spiro atoms. The van der Waals surface area contributed by atoms with Crippen LogP contribution in [-0.4, -0.2) is 55.5 Å². The number of carbonyl (C=O) groups is 1. The lowest BCUT2D eigenvalue weighted by atomic mass is 10.1. The van der Waals surface area contributed by atoms with E-state index in [1.165, 1.54) is 17.7 Å². The molecular formula is C21H25FN2O2. The van der Waals surface area contributed by atoms with Gasteiger partial charge in [-0.1, -0.05) is 12.1 Å². The fourth-order valence-corrected chi connectivity index (χ4v) is 3.28. The third-order valence-corrected chi connectivity index (χ3v) is 4.82. The van der Waals surface area contributed by atoms with E-state index in [0.29, 0.717) is 5.56 Å². The van der Waals surface area contributed by atoms with E-state index in [2.05, 4.69) is 17.0 Å². The second-order valence-corrected chi connectivity index (χ2v) is 6.60. The third kappa shape index (κ3) is 4.82. The molecule has 1 amide bonds. The second-order valence-electron chi connectivity index (χ2n) is 6.60. The molecule has 0 unspecified atom stereocenters. The average Bonchev–Trinajstić information content (AvgIpc) is 2.69. The first-order chi connectivity index (χ1) is 12.7. The van der Waals surface area contributed by atoms with Crippen molar-refractivity contribution in [2.24, 2.45) is 0 Å². The number of hydrogen-bond acceptors (Lipinski definition) is 3. The maximum absolute atomic E-state index is 13.0. The molecule has 138 valence electrons. The van der Waals surface area contributed by atoms with Crippen LogP contribution in [0.4, 0.5) is 4.39 Å². The first kappa shape index (κ1) is 18.4. The zero-order chi connectivity index (χ0) is 18.4. The molecular weight excluding hydrogens is 331 g/mol. The van der Waals surface area contributed by atoms with E-state index in [0.717, 1.165) is 51.3 Å². The van der Waals surface area contributed by atoms with Crippen LogP contribution in [0.3, 0.4) is 0 Å². The van der Waals surface area contributed by atoms with E-state index >= 15 is 0 Å². The van der Waals surface area contributed by atoms with Crippen LogP contribution in [0.5, 0.6) is 5.75 Å². The minimum absolute atomic E-state index is 0.0129. The van der Waals surface area contributed by atoms with Gasteiger partial charge in [0.2, 0.25) is 0 Å². The van der Waals surface area contributed by atoms with E-state index in [4.69, 9.17) is 4.74 Å². The topological polar surface area (TPSA) is 32.8 Å². The van der Waals surface area contributed by atoms with Crippen LogP contribution >= 0.6 is 0 Å². The summed E-state index contributed by atoms with van der Waals surface area (Å²) in [5.74, 6) is 0.568. The minimum Gasteiger partial charge on any atom is -0.497 e. The summed E-state index contributed by atoms with van der Waals surface area (Å²) < 4.78 is 18.2. The Morgan fingerprint density at radius 2 is 1.81 bits per heavy atom. The van der Waals surface area contributed by atoms with Crippen LogP contribution in [-0.2, 0) is 6.42 Å². The molecule has 0 atom stereocenters. The molecule has 26 heavy (non-hydrogen) atoms. The highest BCUT2D eigenvalue weighted by atomic mass is 19.1. The lowest BCUT2D eigenvalue weighted by Crippen LogP contribution is -2.48. The van der Waals surface area contributed by atoms with Gasteiger partial charge in [-0.15, -0.1) is 0 Å². The van der Waals surface area contributed by atoms with Crippen molar-refractivity contribution < 1.29 is 13.9 Å². The zero-order valence-corrected chi connectivity index (χ0v) is 15.2. The number of carbonyl (C=O) groups excluding carboxylic acids is 1. The predicted octanol–water partition coefficient (Wildman–Crippen LogP) is 3.22. The number of piperazine rings is 1. The molecule has 4 nitrogen and oxygen atoms in total. The molecule has 0 saturated carbocycles. The summed E-state index contributed by atoms with van der Waals surface area (Å²) in [5.41, 5.74) is 1.84. The highest BCUT2D eigenvalue weighted by Gasteiger charge is 2.21. The van der Waals surface area contributed by atoms with Crippen molar-refractivity contribution in [1.82, 2.24) is 9.80 Å². The van der Waals surface area contributed by atoms with E-state index in [1.807, 2.05) is 17.0 Å². The van der Waals surface area contributed by atoms with E-state index in [9.17, 15) is 9.18 Å². The first-order valence-electron chi connectivity index (χ1n) is 9.06. The number of halogens is 1. The normalized spacial score (nSPS) is 15.1. The van der Waals surface area contributed by atoms with Crippen molar-refractivity contribution in [3.63, 3.8) is 0 Å². The first-order valence-corrected chi connectivity index (χ1v) is 9.06. The number of rotatable bonds is 6. The monoisotopic (exact) mass is 356 g/mol. The van der Waals surface area contributed by atoms with Crippen LogP contribution in [0.15, 0.2) is 48.5 Å². The summed E-state index contributed by atoms with van der Waals surface area (Å²) in [4.78, 5) is 16.7. The fourth-order valence-electron chi connectivity index (χ4n) is 3.28. The van der Waals surface area contributed by atoms with Gasteiger partial charge in [0.1, 0.15) is 11.6 Å². The number of benzene rings is 2. The summed E-state index contributed by atoms with van der Waals surface area (Å²) in [5, 5.41) is 0. The number of methoxy groups -OCH3 is 1. The zero-order valence-electron chi connectivity index (χ0n) is 15.2. The minimum atomic E-state index is -0.317. The smallest absolute Gasteiger partial charge is 0.253 e. The number of ether oxygens (including phenoxy) is 1. The third-order valence-electron chi connectivity index (χ3n) is 4.82. The number of nitrogens with zero attached hydrogens (tertiary/aromatic N) is 2. The fraction of sp³-hybridized carbons (Fsp3) is 0.381. The Hall–Kier alpha value is -2.40. The van der Waals surface area contributed by atoms with Crippen molar-refractivity contribution in [1.29, 1.82) is 0 Å². The number of aryl methyl sites for hydroxylation is 1. The Kier molecular flexibility index (Phi) is 6.23. The van der Waals surface area contributed by atoms with Gasteiger partial charge in [0.25, 0.3) is 5.91 Å². The van der Waals surface area contributed by atoms with Crippen molar-refractivity contribution in [3.05, 3.63) is 65.5 Å². The van der Waals surface area contributed by atoms with Gasteiger partial charge in [0.15, 0.2) is 0 Å². The Labute approximate surface area is 154 Å². The van der Waals surface area contributed by atoms with Crippen molar-refractivity contribution >= 4 is 5.91 Å². The maximum Gasteiger partial charge on any atom is 0.253 e. The summed E-state index contributed by atoms with van der Waals surface area (Å²) in [6.45, 7) is 4.22. The molecule has 1 heterocycles. The molecule has 0 radical (unpaired) electrons. The Balaban J connectivity index is 1.42.